The van der Waals surface area contributed by atoms with Gasteiger partial charge in [0.1, 0.15) is 0 Å². The van der Waals surface area contributed by atoms with E-state index in [0.717, 1.165) is 17.2 Å². The Balaban J connectivity index is 2.67. The molecule has 20 heavy (non-hydrogen) atoms. The minimum absolute atomic E-state index is 0.0928. The molecule has 0 saturated heterocycles. The minimum Gasteiger partial charge on any atom is -0.478 e. The van der Waals surface area contributed by atoms with Gasteiger partial charge in [-0.2, -0.15) is 0 Å². The van der Waals surface area contributed by atoms with Gasteiger partial charge in [0.05, 0.1) is 16.1 Å². The minimum atomic E-state index is -1.18. The predicted octanol–water partition coefficient (Wildman–Crippen LogP) is 3.58. The van der Waals surface area contributed by atoms with Crippen molar-refractivity contribution in [2.45, 2.75) is 13.8 Å². The lowest BCUT2D eigenvalue weighted by molar-refractivity contribution is -0.384. The van der Waals surface area contributed by atoms with E-state index in [9.17, 15) is 14.9 Å². The van der Waals surface area contributed by atoms with Crippen LogP contribution in [0.25, 0.3) is 11.1 Å². The lowest BCUT2D eigenvalue weighted by Crippen LogP contribution is -2.00. The van der Waals surface area contributed by atoms with Gasteiger partial charge in [-0.05, 0) is 31.5 Å². The summed E-state index contributed by atoms with van der Waals surface area (Å²) < 4.78 is 0. The maximum atomic E-state index is 11.2. The van der Waals surface area contributed by atoms with Crippen LogP contribution in [0.4, 0.5) is 5.69 Å². The lowest BCUT2D eigenvalue weighted by atomic mass is 9.98. The average Bonchev–Trinajstić information content (AvgIpc) is 2.36. The van der Waals surface area contributed by atoms with Crippen molar-refractivity contribution in [3.8, 4) is 11.1 Å². The van der Waals surface area contributed by atoms with Crippen molar-refractivity contribution < 1.29 is 14.8 Å². The van der Waals surface area contributed by atoms with Crippen LogP contribution < -0.4 is 0 Å². The van der Waals surface area contributed by atoms with Gasteiger partial charge < -0.3 is 5.11 Å². The normalized spacial score (nSPS) is 10.3. The van der Waals surface area contributed by atoms with E-state index < -0.39 is 10.9 Å². The maximum absolute atomic E-state index is 11.2. The number of carboxylic acids is 1. The third-order valence-corrected chi connectivity index (χ3v) is 2.97. The molecule has 102 valence electrons. The van der Waals surface area contributed by atoms with E-state index in [2.05, 4.69) is 0 Å². The van der Waals surface area contributed by atoms with Crippen LogP contribution in [-0.2, 0) is 0 Å². The zero-order chi connectivity index (χ0) is 14.9. The number of hydrogen-bond donors (Lipinski definition) is 1. The number of nitro groups is 1. The monoisotopic (exact) mass is 271 g/mol. The van der Waals surface area contributed by atoms with Gasteiger partial charge in [0.15, 0.2) is 0 Å². The first-order valence-electron chi connectivity index (χ1n) is 5.99. The second kappa shape index (κ2) is 5.13. The third kappa shape index (κ3) is 2.66. The molecule has 2 rings (SSSR count). The molecule has 0 aliphatic carbocycles. The van der Waals surface area contributed by atoms with Crippen LogP contribution in [0.3, 0.4) is 0 Å². The first-order valence-corrected chi connectivity index (χ1v) is 5.99. The molecule has 1 N–H and O–H groups in total. The van der Waals surface area contributed by atoms with Crippen molar-refractivity contribution in [1.82, 2.24) is 0 Å². The number of aromatic carboxylic acids is 1. The number of hydrogen-bond acceptors (Lipinski definition) is 3. The van der Waals surface area contributed by atoms with Crippen LogP contribution in [0.2, 0.25) is 0 Å². The SMILES string of the molecule is Cc1cc(C)cc(-c2ccc(C(=O)O)cc2[N+](=O)[O-])c1. The second-order valence-electron chi connectivity index (χ2n) is 4.67. The Morgan fingerprint density at radius 2 is 1.70 bits per heavy atom. The molecule has 0 bridgehead atoms. The van der Waals surface area contributed by atoms with Crippen LogP contribution in [-0.4, -0.2) is 16.0 Å². The van der Waals surface area contributed by atoms with Gasteiger partial charge in [-0.15, -0.1) is 0 Å². The highest BCUT2D eigenvalue weighted by Gasteiger charge is 2.18. The van der Waals surface area contributed by atoms with Crippen LogP contribution in [0, 0.1) is 24.0 Å². The van der Waals surface area contributed by atoms with E-state index in [1.807, 2.05) is 32.0 Å². The summed E-state index contributed by atoms with van der Waals surface area (Å²) in [6.45, 7) is 3.82. The van der Waals surface area contributed by atoms with E-state index >= 15 is 0 Å². The fraction of sp³-hybridized carbons (Fsp3) is 0.133. The second-order valence-corrected chi connectivity index (χ2v) is 4.67. The molecular formula is C15H13NO4. The van der Waals surface area contributed by atoms with Gasteiger partial charge in [-0.3, -0.25) is 10.1 Å². The molecule has 0 fully saturated rings. The van der Waals surface area contributed by atoms with E-state index in [1.165, 1.54) is 12.1 Å². The molecule has 0 radical (unpaired) electrons. The highest BCUT2D eigenvalue weighted by atomic mass is 16.6. The summed E-state index contributed by atoms with van der Waals surface area (Å²) in [6.07, 6.45) is 0. The quantitative estimate of drug-likeness (QED) is 0.683. The van der Waals surface area contributed by atoms with Crippen molar-refractivity contribution in [1.29, 1.82) is 0 Å². The highest BCUT2D eigenvalue weighted by molar-refractivity contribution is 5.90. The molecule has 5 heteroatoms. The summed E-state index contributed by atoms with van der Waals surface area (Å²) in [7, 11) is 0. The molecular weight excluding hydrogens is 258 g/mol. The molecule has 0 saturated carbocycles. The number of carboxylic acid groups (broad SMARTS) is 1. The number of nitrogens with zero attached hydrogens (tertiary/aromatic N) is 1. The van der Waals surface area contributed by atoms with Gasteiger partial charge in [0.2, 0.25) is 0 Å². The van der Waals surface area contributed by atoms with Crippen LogP contribution in [0.15, 0.2) is 36.4 Å². The number of carbonyl (C=O) groups is 1. The predicted molar refractivity (Wildman–Crippen MR) is 75.0 cm³/mol. The number of rotatable bonds is 3. The summed E-state index contributed by atoms with van der Waals surface area (Å²) in [4.78, 5) is 21.5. The molecule has 5 nitrogen and oxygen atoms in total. The molecule has 0 atom stereocenters. The molecule has 0 amide bonds. The molecule has 2 aromatic carbocycles. The van der Waals surface area contributed by atoms with Crippen LogP contribution in [0.1, 0.15) is 21.5 Å². The van der Waals surface area contributed by atoms with Crippen molar-refractivity contribution in [3.63, 3.8) is 0 Å². The fourth-order valence-corrected chi connectivity index (χ4v) is 2.19. The van der Waals surface area contributed by atoms with E-state index in [1.54, 1.807) is 0 Å². The van der Waals surface area contributed by atoms with Crippen LogP contribution in [0.5, 0.6) is 0 Å². The van der Waals surface area contributed by atoms with Gasteiger partial charge >= 0.3 is 5.97 Å². The highest BCUT2D eigenvalue weighted by Crippen LogP contribution is 2.32. The Morgan fingerprint density at radius 3 is 2.20 bits per heavy atom. The summed E-state index contributed by atoms with van der Waals surface area (Å²) in [6, 6.07) is 9.61. The van der Waals surface area contributed by atoms with Crippen molar-refractivity contribution in [2.75, 3.05) is 0 Å². The Morgan fingerprint density at radius 1 is 1.10 bits per heavy atom. The number of benzene rings is 2. The smallest absolute Gasteiger partial charge is 0.335 e. The van der Waals surface area contributed by atoms with E-state index in [-0.39, 0.29) is 11.3 Å². The van der Waals surface area contributed by atoms with Gasteiger partial charge in [-0.1, -0.05) is 29.3 Å². The standard InChI is InChI=1S/C15H13NO4/c1-9-5-10(2)7-12(6-9)13-4-3-11(15(17)18)8-14(13)16(19)20/h3-8H,1-2H3,(H,17,18). The molecule has 0 spiro atoms. The van der Waals surface area contributed by atoms with E-state index in [4.69, 9.17) is 5.11 Å². The summed E-state index contributed by atoms with van der Waals surface area (Å²) in [5.41, 5.74) is 2.84. The zero-order valence-corrected chi connectivity index (χ0v) is 11.1. The Labute approximate surface area is 115 Å². The third-order valence-electron chi connectivity index (χ3n) is 2.97. The molecule has 0 heterocycles. The fourth-order valence-electron chi connectivity index (χ4n) is 2.19. The first kappa shape index (κ1) is 13.7. The largest absolute Gasteiger partial charge is 0.478 e. The Kier molecular flexibility index (Phi) is 3.52. The molecule has 2 aromatic rings. The summed E-state index contributed by atoms with van der Waals surface area (Å²) in [5, 5.41) is 20.1. The topological polar surface area (TPSA) is 80.4 Å². The Hall–Kier alpha value is -2.69. The molecule has 0 unspecified atom stereocenters. The summed E-state index contributed by atoms with van der Waals surface area (Å²) in [5.74, 6) is -1.18. The number of nitro benzene ring substituents is 1. The van der Waals surface area contributed by atoms with Gasteiger partial charge in [0.25, 0.3) is 5.69 Å². The molecule has 0 aromatic heterocycles. The van der Waals surface area contributed by atoms with Crippen molar-refractivity contribution in [2.24, 2.45) is 0 Å². The van der Waals surface area contributed by atoms with E-state index in [0.29, 0.717) is 11.1 Å². The molecule has 0 aliphatic heterocycles. The first-order chi connectivity index (χ1) is 9.38. The zero-order valence-electron chi connectivity index (χ0n) is 11.1. The van der Waals surface area contributed by atoms with Crippen LogP contribution >= 0.6 is 0 Å². The summed E-state index contributed by atoms with van der Waals surface area (Å²) >= 11 is 0. The van der Waals surface area contributed by atoms with Gasteiger partial charge in [0, 0.05) is 6.07 Å². The van der Waals surface area contributed by atoms with Crippen molar-refractivity contribution >= 4 is 11.7 Å². The van der Waals surface area contributed by atoms with Crippen molar-refractivity contribution in [3.05, 3.63) is 63.2 Å². The maximum Gasteiger partial charge on any atom is 0.335 e. The van der Waals surface area contributed by atoms with Gasteiger partial charge in [-0.25, -0.2) is 4.79 Å². The molecule has 0 aliphatic rings. The average molecular weight is 271 g/mol. The number of aryl methyl sites for hydroxylation is 2. The lowest BCUT2D eigenvalue weighted by Gasteiger charge is -2.07. The Bertz CT molecular complexity index is 687.